The number of carbonyl (C=O) groups is 1. The van der Waals surface area contributed by atoms with Crippen LogP contribution in [-0.2, 0) is 11.3 Å². The van der Waals surface area contributed by atoms with E-state index < -0.39 is 0 Å². The van der Waals surface area contributed by atoms with E-state index in [1.54, 1.807) is 12.4 Å². The largest absolute Gasteiger partial charge is 0.350 e. The average Bonchev–Trinajstić information content (AvgIpc) is 2.36. The molecule has 1 amide bonds. The number of hydrogen-bond acceptors (Lipinski definition) is 4. The molecule has 1 aromatic heterocycles. The zero-order valence-electron chi connectivity index (χ0n) is 11.1. The maximum Gasteiger partial charge on any atom is 0.220 e. The Balaban J connectivity index is 2.22. The summed E-state index contributed by atoms with van der Waals surface area (Å²) in [5.41, 5.74) is 7.12. The Hall–Kier alpha value is -1.49. The molecule has 3 N–H and O–H groups in total. The fraction of sp³-hybridized carbons (Fsp3) is 0.615. The fourth-order valence-corrected chi connectivity index (χ4v) is 1.59. The van der Waals surface area contributed by atoms with Crippen LogP contribution < -0.4 is 11.1 Å². The van der Waals surface area contributed by atoms with Gasteiger partial charge in [0.2, 0.25) is 5.91 Å². The lowest BCUT2D eigenvalue weighted by molar-refractivity contribution is -0.121. The highest BCUT2D eigenvalue weighted by Crippen LogP contribution is 2.08. The van der Waals surface area contributed by atoms with Crippen LogP contribution in [0.25, 0.3) is 0 Å². The van der Waals surface area contributed by atoms with Gasteiger partial charge in [-0.05, 0) is 32.2 Å². The summed E-state index contributed by atoms with van der Waals surface area (Å²) in [7, 11) is 0. The van der Waals surface area contributed by atoms with Gasteiger partial charge in [-0.3, -0.25) is 14.8 Å². The van der Waals surface area contributed by atoms with Gasteiger partial charge >= 0.3 is 0 Å². The van der Waals surface area contributed by atoms with Gasteiger partial charge < -0.3 is 11.1 Å². The number of aryl methyl sites for hydroxylation is 1. The number of rotatable bonds is 7. The lowest BCUT2D eigenvalue weighted by atomic mass is 10.0. The molecule has 1 rings (SSSR count). The summed E-state index contributed by atoms with van der Waals surface area (Å²) in [4.78, 5) is 19.9. The number of nitrogens with two attached hydrogens (primary N) is 1. The van der Waals surface area contributed by atoms with Crippen molar-refractivity contribution in [2.75, 3.05) is 6.54 Å². The van der Waals surface area contributed by atoms with Crippen molar-refractivity contribution in [1.29, 1.82) is 0 Å². The van der Waals surface area contributed by atoms with Crippen molar-refractivity contribution in [1.82, 2.24) is 15.3 Å². The Morgan fingerprint density at radius 2 is 2.17 bits per heavy atom. The molecule has 0 aliphatic carbocycles. The van der Waals surface area contributed by atoms with Crippen LogP contribution >= 0.6 is 0 Å². The maximum atomic E-state index is 11.6. The third-order valence-corrected chi connectivity index (χ3v) is 2.82. The van der Waals surface area contributed by atoms with Crippen molar-refractivity contribution in [3.8, 4) is 0 Å². The molecule has 18 heavy (non-hydrogen) atoms. The smallest absolute Gasteiger partial charge is 0.220 e. The number of nitrogens with zero attached hydrogens (tertiary/aromatic N) is 2. The Labute approximate surface area is 108 Å². The second-order valence-corrected chi connectivity index (χ2v) is 4.65. The molecule has 0 saturated carbocycles. The molecule has 0 spiro atoms. The Bertz CT molecular complexity index is 364. The minimum atomic E-state index is 0.0567. The second-order valence-electron chi connectivity index (χ2n) is 4.65. The lowest BCUT2D eigenvalue weighted by Crippen LogP contribution is -2.23. The first-order valence-corrected chi connectivity index (χ1v) is 6.36. The van der Waals surface area contributed by atoms with Gasteiger partial charge in [-0.25, -0.2) is 0 Å². The van der Waals surface area contributed by atoms with Crippen molar-refractivity contribution < 1.29 is 4.79 Å². The molecule has 1 heterocycles. The highest BCUT2D eigenvalue weighted by atomic mass is 16.1. The van der Waals surface area contributed by atoms with Crippen molar-refractivity contribution in [3.05, 3.63) is 23.8 Å². The molecule has 0 aliphatic rings. The summed E-state index contributed by atoms with van der Waals surface area (Å²) in [6, 6.07) is 0. The van der Waals surface area contributed by atoms with Crippen LogP contribution in [0.1, 0.15) is 37.6 Å². The minimum Gasteiger partial charge on any atom is -0.350 e. The van der Waals surface area contributed by atoms with Gasteiger partial charge in [-0.2, -0.15) is 0 Å². The third-order valence-electron chi connectivity index (χ3n) is 2.82. The quantitative estimate of drug-likeness (QED) is 0.761. The van der Waals surface area contributed by atoms with Crippen LogP contribution in [-0.4, -0.2) is 22.4 Å². The molecule has 0 fully saturated rings. The maximum absolute atomic E-state index is 11.6. The van der Waals surface area contributed by atoms with E-state index in [2.05, 4.69) is 22.2 Å². The fourth-order valence-electron chi connectivity index (χ4n) is 1.59. The first-order chi connectivity index (χ1) is 8.61. The summed E-state index contributed by atoms with van der Waals surface area (Å²) in [5, 5.41) is 2.84. The number of amides is 1. The Kier molecular flexibility index (Phi) is 6.28. The van der Waals surface area contributed by atoms with Crippen molar-refractivity contribution in [3.63, 3.8) is 0 Å². The lowest BCUT2D eigenvalue weighted by Gasteiger charge is -2.09. The van der Waals surface area contributed by atoms with Gasteiger partial charge in [-0.15, -0.1) is 0 Å². The molecule has 100 valence electrons. The van der Waals surface area contributed by atoms with E-state index in [1.807, 2.05) is 6.92 Å². The van der Waals surface area contributed by atoms with E-state index in [-0.39, 0.29) is 5.91 Å². The number of hydrogen-bond donors (Lipinski definition) is 2. The average molecular weight is 250 g/mol. The van der Waals surface area contributed by atoms with E-state index >= 15 is 0 Å². The van der Waals surface area contributed by atoms with Gasteiger partial charge in [-0.1, -0.05) is 6.92 Å². The molecule has 5 heteroatoms. The zero-order chi connectivity index (χ0) is 13.4. The van der Waals surface area contributed by atoms with Crippen molar-refractivity contribution in [2.24, 2.45) is 11.7 Å². The Morgan fingerprint density at radius 3 is 2.78 bits per heavy atom. The topological polar surface area (TPSA) is 80.9 Å². The van der Waals surface area contributed by atoms with Crippen LogP contribution in [0.4, 0.5) is 0 Å². The van der Waals surface area contributed by atoms with Gasteiger partial charge in [0.1, 0.15) is 0 Å². The monoisotopic (exact) mass is 250 g/mol. The number of nitrogens with one attached hydrogen (secondary N) is 1. The van der Waals surface area contributed by atoms with Crippen LogP contribution in [0, 0.1) is 12.8 Å². The molecule has 0 saturated heterocycles. The normalized spacial score (nSPS) is 12.2. The molecule has 0 aliphatic heterocycles. The summed E-state index contributed by atoms with van der Waals surface area (Å²) in [6.07, 6.45) is 5.78. The highest BCUT2D eigenvalue weighted by molar-refractivity contribution is 5.75. The van der Waals surface area contributed by atoms with E-state index in [1.165, 1.54) is 0 Å². The van der Waals surface area contributed by atoms with Crippen LogP contribution in [0.3, 0.4) is 0 Å². The molecular weight excluding hydrogens is 228 g/mol. The van der Waals surface area contributed by atoms with Crippen LogP contribution in [0.2, 0.25) is 0 Å². The first kappa shape index (κ1) is 14.6. The molecule has 1 atom stereocenters. The van der Waals surface area contributed by atoms with Gasteiger partial charge in [0.05, 0.1) is 24.1 Å². The van der Waals surface area contributed by atoms with Crippen molar-refractivity contribution >= 4 is 5.91 Å². The molecule has 0 aromatic carbocycles. The highest BCUT2D eigenvalue weighted by Gasteiger charge is 2.06. The standard InChI is InChI=1S/C13H22N4O/c1-10(5-6-14)3-4-13(18)17-9-12-8-15-11(2)7-16-12/h7-8,10H,3-6,9,14H2,1-2H3,(H,17,18). The molecule has 0 bridgehead atoms. The Morgan fingerprint density at radius 1 is 1.39 bits per heavy atom. The van der Waals surface area contributed by atoms with Gasteiger partial charge in [0.15, 0.2) is 0 Å². The van der Waals surface area contributed by atoms with Crippen LogP contribution in [0.5, 0.6) is 0 Å². The number of aromatic nitrogens is 2. The van der Waals surface area contributed by atoms with E-state index in [0.29, 0.717) is 25.4 Å². The molecule has 1 unspecified atom stereocenters. The van der Waals surface area contributed by atoms with E-state index in [9.17, 15) is 4.79 Å². The predicted molar refractivity (Wildman–Crippen MR) is 70.7 cm³/mol. The summed E-state index contributed by atoms with van der Waals surface area (Å²) in [6.45, 7) is 5.12. The summed E-state index contributed by atoms with van der Waals surface area (Å²) in [5.74, 6) is 0.557. The van der Waals surface area contributed by atoms with E-state index in [4.69, 9.17) is 5.73 Å². The predicted octanol–water partition coefficient (Wildman–Crippen LogP) is 1.17. The summed E-state index contributed by atoms with van der Waals surface area (Å²) < 4.78 is 0. The molecule has 1 aromatic rings. The molecule has 0 radical (unpaired) electrons. The minimum absolute atomic E-state index is 0.0567. The van der Waals surface area contributed by atoms with E-state index in [0.717, 1.165) is 24.2 Å². The number of carbonyl (C=O) groups excluding carboxylic acids is 1. The van der Waals surface area contributed by atoms with Crippen LogP contribution in [0.15, 0.2) is 12.4 Å². The van der Waals surface area contributed by atoms with Gasteiger partial charge in [0, 0.05) is 12.6 Å². The molecule has 5 nitrogen and oxygen atoms in total. The first-order valence-electron chi connectivity index (χ1n) is 6.36. The summed E-state index contributed by atoms with van der Waals surface area (Å²) >= 11 is 0. The SMILES string of the molecule is Cc1cnc(CNC(=O)CCC(C)CCN)cn1. The molecular formula is C13H22N4O. The second kappa shape index (κ2) is 7.76. The van der Waals surface area contributed by atoms with Crippen molar-refractivity contribution in [2.45, 2.75) is 39.7 Å². The third kappa shape index (κ3) is 5.72. The zero-order valence-corrected chi connectivity index (χ0v) is 11.1. The van der Waals surface area contributed by atoms with Gasteiger partial charge in [0.25, 0.3) is 0 Å².